The van der Waals surface area contributed by atoms with Crippen molar-refractivity contribution in [3.63, 3.8) is 0 Å². The topological polar surface area (TPSA) is 55.9 Å². The highest BCUT2D eigenvalue weighted by Gasteiger charge is 2.07. The lowest BCUT2D eigenvalue weighted by Gasteiger charge is -2.11. The van der Waals surface area contributed by atoms with Crippen molar-refractivity contribution in [3.05, 3.63) is 40.5 Å². The van der Waals surface area contributed by atoms with Crippen molar-refractivity contribution in [1.82, 2.24) is 9.78 Å². The van der Waals surface area contributed by atoms with Gasteiger partial charge in [0.05, 0.1) is 6.20 Å². The summed E-state index contributed by atoms with van der Waals surface area (Å²) in [7, 11) is 1.86. The number of benzene rings is 1. The molecule has 0 atom stereocenters. The summed E-state index contributed by atoms with van der Waals surface area (Å²) in [6, 6.07) is 7.62. The van der Waals surface area contributed by atoms with Crippen LogP contribution in [0.4, 0.5) is 11.5 Å². The second-order valence-electron chi connectivity index (χ2n) is 3.52. The Morgan fingerprint density at radius 3 is 2.82 bits per heavy atom. The molecule has 0 amide bonds. The molecule has 0 saturated carbocycles. The van der Waals surface area contributed by atoms with E-state index in [4.69, 9.17) is 18.0 Å². The van der Waals surface area contributed by atoms with Crippen LogP contribution in [0.25, 0.3) is 0 Å². The Balaban J connectivity index is 2.39. The number of nitrogens with one attached hydrogen (secondary N) is 1. The molecule has 17 heavy (non-hydrogen) atoms. The van der Waals surface area contributed by atoms with Gasteiger partial charge in [-0.2, -0.15) is 5.10 Å². The molecule has 0 saturated heterocycles. The molecule has 0 fully saturated rings. The number of hydrogen-bond acceptors (Lipinski definition) is 3. The van der Waals surface area contributed by atoms with Crippen molar-refractivity contribution in [3.8, 4) is 0 Å². The van der Waals surface area contributed by atoms with E-state index in [1.165, 1.54) is 0 Å². The quantitative estimate of drug-likeness (QED) is 0.856. The van der Waals surface area contributed by atoms with Gasteiger partial charge in [0.1, 0.15) is 10.8 Å². The lowest BCUT2D eigenvalue weighted by molar-refractivity contribution is 0.776. The van der Waals surface area contributed by atoms with Crippen LogP contribution >= 0.6 is 28.1 Å². The predicted molar refractivity (Wildman–Crippen MR) is 76.5 cm³/mol. The van der Waals surface area contributed by atoms with E-state index in [1.807, 2.05) is 31.3 Å². The third-order valence-electron chi connectivity index (χ3n) is 2.33. The van der Waals surface area contributed by atoms with Crippen LogP contribution in [0.3, 0.4) is 0 Å². The smallest absolute Gasteiger partial charge is 0.128 e. The first-order valence-electron chi connectivity index (χ1n) is 4.92. The molecule has 0 radical (unpaired) electrons. The predicted octanol–water partition coefficient (Wildman–Crippen LogP) is 2.56. The molecule has 4 nitrogen and oxygen atoms in total. The van der Waals surface area contributed by atoms with Gasteiger partial charge in [-0.1, -0.05) is 28.1 Å². The second kappa shape index (κ2) is 4.85. The van der Waals surface area contributed by atoms with Gasteiger partial charge >= 0.3 is 0 Å². The monoisotopic (exact) mass is 310 g/mol. The zero-order valence-corrected chi connectivity index (χ0v) is 11.5. The summed E-state index contributed by atoms with van der Waals surface area (Å²) in [6.45, 7) is 0. The Kier molecular flexibility index (Phi) is 3.44. The van der Waals surface area contributed by atoms with Crippen molar-refractivity contribution in [2.45, 2.75) is 0 Å². The van der Waals surface area contributed by atoms with Crippen LogP contribution in [-0.2, 0) is 7.05 Å². The molecule has 0 spiro atoms. The van der Waals surface area contributed by atoms with Crippen LogP contribution < -0.4 is 11.1 Å². The first-order chi connectivity index (χ1) is 8.08. The van der Waals surface area contributed by atoms with Gasteiger partial charge in [-0.3, -0.25) is 4.68 Å². The average Bonchev–Trinajstić information content (AvgIpc) is 2.67. The molecule has 0 aliphatic carbocycles. The fourth-order valence-corrected chi connectivity index (χ4v) is 1.99. The molecule has 3 N–H and O–H groups in total. The van der Waals surface area contributed by atoms with Crippen LogP contribution in [0.1, 0.15) is 5.56 Å². The minimum atomic E-state index is 0.357. The molecule has 1 aromatic carbocycles. The first kappa shape index (κ1) is 12.1. The number of nitrogens with two attached hydrogens (primary N) is 1. The van der Waals surface area contributed by atoms with Gasteiger partial charge in [0, 0.05) is 28.8 Å². The highest BCUT2D eigenvalue weighted by Crippen LogP contribution is 2.24. The van der Waals surface area contributed by atoms with Gasteiger partial charge in [-0.15, -0.1) is 0 Å². The lowest BCUT2D eigenvalue weighted by Crippen LogP contribution is -2.12. The summed E-state index contributed by atoms with van der Waals surface area (Å²) in [5.41, 5.74) is 7.37. The highest BCUT2D eigenvalue weighted by molar-refractivity contribution is 9.10. The number of thiocarbonyl (C=S) groups is 1. The number of nitrogens with zero attached hydrogens (tertiary/aromatic N) is 2. The van der Waals surface area contributed by atoms with Crippen molar-refractivity contribution >= 4 is 44.6 Å². The highest BCUT2D eigenvalue weighted by atomic mass is 79.9. The normalized spacial score (nSPS) is 10.2. The van der Waals surface area contributed by atoms with Crippen LogP contribution in [-0.4, -0.2) is 14.8 Å². The average molecular weight is 311 g/mol. The minimum absolute atomic E-state index is 0.357. The number of hydrogen-bond donors (Lipinski definition) is 2. The third-order valence-corrected chi connectivity index (χ3v) is 3.04. The maximum atomic E-state index is 5.70. The molecule has 0 unspecified atom stereocenters. The van der Waals surface area contributed by atoms with Crippen molar-refractivity contribution in [2.75, 3.05) is 5.32 Å². The first-order valence-corrected chi connectivity index (χ1v) is 6.12. The van der Waals surface area contributed by atoms with Gasteiger partial charge < -0.3 is 11.1 Å². The molecule has 2 rings (SSSR count). The van der Waals surface area contributed by atoms with Gasteiger partial charge in [-0.25, -0.2) is 0 Å². The van der Waals surface area contributed by atoms with E-state index in [2.05, 4.69) is 26.3 Å². The summed E-state index contributed by atoms with van der Waals surface area (Å²) in [5, 5.41) is 7.33. The molecule has 6 heteroatoms. The number of aromatic nitrogens is 2. The largest absolute Gasteiger partial charge is 0.389 e. The Morgan fingerprint density at radius 1 is 1.47 bits per heavy atom. The van der Waals surface area contributed by atoms with Crippen LogP contribution in [0.15, 0.2) is 34.9 Å². The standard InChI is InChI=1S/C11H11BrN4S/c1-16-10(4-5-14-16)15-9-3-2-7(12)6-8(9)11(13)17/h2-6,15H,1H3,(H2,13,17). The SMILES string of the molecule is Cn1nccc1Nc1ccc(Br)cc1C(N)=S. The van der Waals surface area contributed by atoms with E-state index < -0.39 is 0 Å². The molecule has 2 aromatic rings. The molecule has 0 bridgehead atoms. The maximum absolute atomic E-state index is 5.70. The Labute approximate surface area is 113 Å². The number of rotatable bonds is 3. The fraction of sp³-hybridized carbons (Fsp3) is 0.0909. The summed E-state index contributed by atoms with van der Waals surface area (Å²) < 4.78 is 2.68. The van der Waals surface area contributed by atoms with E-state index in [1.54, 1.807) is 10.9 Å². The number of anilines is 2. The summed E-state index contributed by atoms with van der Waals surface area (Å²) in [5.74, 6) is 0.879. The fourth-order valence-electron chi connectivity index (χ4n) is 1.46. The van der Waals surface area contributed by atoms with Crippen molar-refractivity contribution in [2.24, 2.45) is 12.8 Å². The van der Waals surface area contributed by atoms with Gasteiger partial charge in [0.2, 0.25) is 0 Å². The van der Waals surface area contributed by atoms with Crippen LogP contribution in [0.5, 0.6) is 0 Å². The van der Waals surface area contributed by atoms with Gasteiger partial charge in [-0.05, 0) is 18.2 Å². The Morgan fingerprint density at radius 2 is 2.24 bits per heavy atom. The molecule has 0 aliphatic rings. The van der Waals surface area contributed by atoms with E-state index in [-0.39, 0.29) is 0 Å². The van der Waals surface area contributed by atoms with Gasteiger partial charge in [0.15, 0.2) is 0 Å². The molecule has 1 aromatic heterocycles. The number of aryl methyl sites for hydroxylation is 1. The van der Waals surface area contributed by atoms with Crippen LogP contribution in [0, 0.1) is 0 Å². The van der Waals surface area contributed by atoms with E-state index in [0.29, 0.717) is 4.99 Å². The van der Waals surface area contributed by atoms with E-state index in [0.717, 1.165) is 21.5 Å². The molecule has 0 aliphatic heterocycles. The summed E-state index contributed by atoms with van der Waals surface area (Å²) in [4.78, 5) is 0.357. The van der Waals surface area contributed by atoms with E-state index >= 15 is 0 Å². The summed E-state index contributed by atoms with van der Waals surface area (Å²) >= 11 is 8.43. The third kappa shape index (κ3) is 2.65. The zero-order chi connectivity index (χ0) is 12.4. The minimum Gasteiger partial charge on any atom is -0.389 e. The van der Waals surface area contributed by atoms with E-state index in [9.17, 15) is 0 Å². The van der Waals surface area contributed by atoms with Crippen molar-refractivity contribution < 1.29 is 0 Å². The second-order valence-corrected chi connectivity index (χ2v) is 4.87. The summed E-state index contributed by atoms with van der Waals surface area (Å²) in [6.07, 6.45) is 1.72. The van der Waals surface area contributed by atoms with Crippen molar-refractivity contribution in [1.29, 1.82) is 0 Å². The van der Waals surface area contributed by atoms with Gasteiger partial charge in [0.25, 0.3) is 0 Å². The zero-order valence-electron chi connectivity index (χ0n) is 9.14. The maximum Gasteiger partial charge on any atom is 0.128 e. The van der Waals surface area contributed by atoms with Crippen LogP contribution in [0.2, 0.25) is 0 Å². The molecule has 1 heterocycles. The number of halogens is 1. The Hall–Kier alpha value is -1.40. The lowest BCUT2D eigenvalue weighted by atomic mass is 10.2. The molecular formula is C11H11BrN4S. The molecular weight excluding hydrogens is 300 g/mol. The molecule has 88 valence electrons. The Bertz CT molecular complexity index is 564.